The Bertz CT molecular complexity index is 435. The first-order valence-electron chi connectivity index (χ1n) is 5.72. The minimum Gasteiger partial charge on any atom is -0.442 e. The molecule has 0 aromatic heterocycles. The molecule has 1 N–H and O–H groups in total. The van der Waals surface area contributed by atoms with Crippen LogP contribution in [0, 0.1) is 0 Å². The van der Waals surface area contributed by atoms with Crippen LogP contribution >= 0.6 is 15.9 Å². The molecule has 0 saturated carbocycles. The summed E-state index contributed by atoms with van der Waals surface area (Å²) in [5, 5.41) is 3.25. The molecule has 1 aromatic rings. The molecule has 3 rings (SSSR count). The van der Waals surface area contributed by atoms with Gasteiger partial charge in [-0.05, 0) is 37.2 Å². The lowest BCUT2D eigenvalue weighted by atomic mass is 10.0. The van der Waals surface area contributed by atoms with Crippen molar-refractivity contribution in [3.63, 3.8) is 0 Å². The molecule has 0 radical (unpaired) electrons. The zero-order valence-corrected chi connectivity index (χ0v) is 10.8. The van der Waals surface area contributed by atoms with Crippen LogP contribution in [-0.2, 0) is 4.74 Å². The smallest absolute Gasteiger partial charge is 0.415 e. The molecule has 2 fully saturated rings. The lowest BCUT2D eigenvalue weighted by Gasteiger charge is -2.28. The van der Waals surface area contributed by atoms with Crippen LogP contribution in [0.5, 0.6) is 0 Å². The zero-order valence-electron chi connectivity index (χ0n) is 9.23. The number of halogens is 1. The first-order valence-corrected chi connectivity index (χ1v) is 6.51. The number of ether oxygens (including phenoxy) is 1. The standard InChI is InChI=1S/C12H13BrN2O2/c13-8-1-3-9(4-2-8)15-10-5-6-14-7-11(10)17-12(15)16/h1-4,10-11,14H,5-7H2. The monoisotopic (exact) mass is 296 g/mol. The normalized spacial score (nSPS) is 27.8. The Morgan fingerprint density at radius 1 is 1.35 bits per heavy atom. The summed E-state index contributed by atoms with van der Waals surface area (Å²) in [5.74, 6) is 0. The van der Waals surface area contributed by atoms with Crippen molar-refractivity contribution < 1.29 is 9.53 Å². The maximum absolute atomic E-state index is 11.9. The maximum Gasteiger partial charge on any atom is 0.415 e. The topological polar surface area (TPSA) is 41.6 Å². The Morgan fingerprint density at radius 3 is 2.88 bits per heavy atom. The lowest BCUT2D eigenvalue weighted by molar-refractivity contribution is 0.121. The van der Waals surface area contributed by atoms with E-state index in [0.29, 0.717) is 0 Å². The van der Waals surface area contributed by atoms with Gasteiger partial charge in [0.1, 0.15) is 6.10 Å². The van der Waals surface area contributed by atoms with Gasteiger partial charge in [0.15, 0.2) is 0 Å². The Kier molecular flexibility index (Phi) is 2.80. The molecule has 2 atom stereocenters. The number of carbonyl (C=O) groups excluding carboxylic acids is 1. The molecule has 0 spiro atoms. The quantitative estimate of drug-likeness (QED) is 0.863. The molecule has 1 aromatic carbocycles. The molecule has 90 valence electrons. The summed E-state index contributed by atoms with van der Waals surface area (Å²) in [6.07, 6.45) is 0.692. The van der Waals surface area contributed by atoms with Crippen LogP contribution in [0.25, 0.3) is 0 Å². The molecule has 2 heterocycles. The van der Waals surface area contributed by atoms with Gasteiger partial charge >= 0.3 is 6.09 Å². The van der Waals surface area contributed by atoms with Crippen LogP contribution in [0.15, 0.2) is 28.7 Å². The number of hydrogen-bond donors (Lipinski definition) is 1. The molecule has 17 heavy (non-hydrogen) atoms. The van der Waals surface area contributed by atoms with E-state index in [2.05, 4.69) is 21.2 Å². The van der Waals surface area contributed by atoms with Gasteiger partial charge < -0.3 is 10.1 Å². The van der Waals surface area contributed by atoms with Crippen LogP contribution in [0.3, 0.4) is 0 Å². The molecule has 5 heteroatoms. The van der Waals surface area contributed by atoms with Gasteiger partial charge in [0.25, 0.3) is 0 Å². The van der Waals surface area contributed by atoms with Crippen molar-refractivity contribution >= 4 is 27.7 Å². The van der Waals surface area contributed by atoms with Crippen molar-refractivity contribution in [2.24, 2.45) is 0 Å². The van der Waals surface area contributed by atoms with Crippen molar-refractivity contribution in [3.8, 4) is 0 Å². The highest BCUT2D eigenvalue weighted by molar-refractivity contribution is 9.10. The van der Waals surface area contributed by atoms with Gasteiger partial charge in [0.2, 0.25) is 0 Å². The molecule has 0 bridgehead atoms. The summed E-state index contributed by atoms with van der Waals surface area (Å²) in [7, 11) is 0. The average molecular weight is 297 g/mol. The molecule has 0 aliphatic carbocycles. The van der Waals surface area contributed by atoms with E-state index in [9.17, 15) is 4.79 Å². The van der Waals surface area contributed by atoms with E-state index in [1.54, 1.807) is 4.90 Å². The van der Waals surface area contributed by atoms with Crippen molar-refractivity contribution in [2.45, 2.75) is 18.6 Å². The molecule has 2 aliphatic rings. The van der Waals surface area contributed by atoms with E-state index in [-0.39, 0.29) is 18.2 Å². The average Bonchev–Trinajstić information content (AvgIpc) is 2.66. The number of hydrogen-bond acceptors (Lipinski definition) is 3. The van der Waals surface area contributed by atoms with Crippen molar-refractivity contribution in [1.82, 2.24) is 5.32 Å². The molecular formula is C12H13BrN2O2. The lowest BCUT2D eigenvalue weighted by Crippen LogP contribution is -2.47. The largest absolute Gasteiger partial charge is 0.442 e. The minimum absolute atomic E-state index is 0.0140. The molecule has 2 saturated heterocycles. The predicted molar refractivity (Wildman–Crippen MR) is 68.2 cm³/mol. The minimum atomic E-state index is -0.231. The summed E-state index contributed by atoms with van der Waals surface area (Å²) < 4.78 is 6.39. The first kappa shape index (κ1) is 11.0. The van der Waals surface area contributed by atoms with Gasteiger partial charge in [0, 0.05) is 16.7 Å². The number of amides is 1. The predicted octanol–water partition coefficient (Wildman–Crippen LogP) is 2.14. The van der Waals surface area contributed by atoms with Crippen LogP contribution in [-0.4, -0.2) is 31.3 Å². The van der Waals surface area contributed by atoms with E-state index in [4.69, 9.17) is 4.74 Å². The van der Waals surface area contributed by atoms with E-state index in [1.165, 1.54) is 0 Å². The highest BCUT2D eigenvalue weighted by Gasteiger charge is 2.43. The van der Waals surface area contributed by atoms with Crippen LogP contribution in [0.2, 0.25) is 0 Å². The van der Waals surface area contributed by atoms with Crippen molar-refractivity contribution in [3.05, 3.63) is 28.7 Å². The second-order valence-corrected chi connectivity index (χ2v) is 5.24. The summed E-state index contributed by atoms with van der Waals surface area (Å²) in [6, 6.07) is 7.93. The Balaban J connectivity index is 1.90. The fraction of sp³-hybridized carbons (Fsp3) is 0.417. The number of benzene rings is 1. The summed E-state index contributed by atoms with van der Waals surface area (Å²) >= 11 is 3.39. The number of carbonyl (C=O) groups is 1. The highest BCUT2D eigenvalue weighted by atomic mass is 79.9. The number of fused-ring (bicyclic) bond motifs is 1. The van der Waals surface area contributed by atoms with Crippen LogP contribution in [0.1, 0.15) is 6.42 Å². The number of rotatable bonds is 1. The second-order valence-electron chi connectivity index (χ2n) is 4.33. The van der Waals surface area contributed by atoms with E-state index in [0.717, 1.165) is 29.7 Å². The second kappa shape index (κ2) is 4.31. The molecule has 1 amide bonds. The van der Waals surface area contributed by atoms with E-state index in [1.807, 2.05) is 24.3 Å². The Labute approximate surface area is 108 Å². The molecular weight excluding hydrogens is 284 g/mol. The van der Waals surface area contributed by atoms with Gasteiger partial charge in [-0.1, -0.05) is 15.9 Å². The van der Waals surface area contributed by atoms with Gasteiger partial charge in [-0.3, -0.25) is 4.90 Å². The van der Waals surface area contributed by atoms with Crippen LogP contribution < -0.4 is 10.2 Å². The zero-order chi connectivity index (χ0) is 11.8. The maximum atomic E-state index is 11.9. The third-order valence-electron chi connectivity index (χ3n) is 3.28. The molecule has 2 aliphatic heterocycles. The molecule has 4 nitrogen and oxygen atoms in total. The fourth-order valence-corrected chi connectivity index (χ4v) is 2.72. The number of anilines is 1. The summed E-state index contributed by atoms with van der Waals surface area (Å²) in [4.78, 5) is 13.7. The summed E-state index contributed by atoms with van der Waals surface area (Å²) in [5.41, 5.74) is 0.910. The third-order valence-corrected chi connectivity index (χ3v) is 3.81. The van der Waals surface area contributed by atoms with Crippen LogP contribution in [0.4, 0.5) is 10.5 Å². The number of nitrogens with zero attached hydrogens (tertiary/aromatic N) is 1. The number of nitrogens with one attached hydrogen (secondary N) is 1. The molecule has 2 unspecified atom stereocenters. The van der Waals surface area contributed by atoms with Gasteiger partial charge in [-0.15, -0.1) is 0 Å². The van der Waals surface area contributed by atoms with E-state index < -0.39 is 0 Å². The third kappa shape index (κ3) is 1.93. The van der Waals surface area contributed by atoms with Gasteiger partial charge in [-0.2, -0.15) is 0 Å². The Hall–Kier alpha value is -1.07. The highest BCUT2D eigenvalue weighted by Crippen LogP contribution is 2.30. The Morgan fingerprint density at radius 2 is 2.12 bits per heavy atom. The van der Waals surface area contributed by atoms with Crippen molar-refractivity contribution in [1.29, 1.82) is 0 Å². The van der Waals surface area contributed by atoms with Crippen molar-refractivity contribution in [2.75, 3.05) is 18.0 Å². The number of piperidine rings is 1. The van der Waals surface area contributed by atoms with Gasteiger partial charge in [0.05, 0.1) is 6.04 Å². The fourth-order valence-electron chi connectivity index (χ4n) is 2.45. The SMILES string of the molecule is O=C1OC2CNCCC2N1c1ccc(Br)cc1. The first-order chi connectivity index (χ1) is 8.25. The van der Waals surface area contributed by atoms with E-state index >= 15 is 0 Å². The summed E-state index contributed by atoms with van der Waals surface area (Å²) in [6.45, 7) is 1.69. The van der Waals surface area contributed by atoms with Gasteiger partial charge in [-0.25, -0.2) is 4.79 Å².